The van der Waals surface area contributed by atoms with Gasteiger partial charge in [-0.2, -0.15) is 13.2 Å². The standard InChI is InChI=1S/C28H33F3N4O3S/c1-19-17-34(2)12-10-23(19)33-24-14-20(15-26-22(24)9-13-35(26)18-28(29,30)31)6-5-11-32-25-16-21(39(4,36)37)7-8-27(25)38-3/h7-9,13-16,19,23,32-33H,10-12,17-18H2,1-4H3/t19-,23+/m0/s1. The van der Waals surface area contributed by atoms with Gasteiger partial charge in [-0.3, -0.25) is 0 Å². The molecule has 1 aliphatic rings. The number of benzene rings is 2. The van der Waals surface area contributed by atoms with E-state index in [4.69, 9.17) is 4.74 Å². The maximum atomic E-state index is 13.3. The van der Waals surface area contributed by atoms with Crippen LogP contribution in [0.1, 0.15) is 18.9 Å². The number of piperidine rings is 1. The third-order valence-corrected chi connectivity index (χ3v) is 8.00. The highest BCUT2D eigenvalue weighted by Crippen LogP contribution is 2.32. The van der Waals surface area contributed by atoms with Crippen LogP contribution in [-0.2, 0) is 16.4 Å². The number of hydrogen-bond donors (Lipinski definition) is 2. The average molecular weight is 563 g/mol. The average Bonchev–Trinajstić information content (AvgIpc) is 3.24. The van der Waals surface area contributed by atoms with Gasteiger partial charge < -0.3 is 24.8 Å². The highest BCUT2D eigenvalue weighted by atomic mass is 32.2. The van der Waals surface area contributed by atoms with Crippen LogP contribution in [-0.4, -0.2) is 70.2 Å². The lowest BCUT2D eigenvalue weighted by Crippen LogP contribution is -2.43. The number of nitrogens with one attached hydrogen (secondary N) is 2. The predicted molar refractivity (Wildman–Crippen MR) is 148 cm³/mol. The third kappa shape index (κ3) is 7.19. The van der Waals surface area contributed by atoms with Crippen molar-refractivity contribution in [1.29, 1.82) is 0 Å². The number of hydrogen-bond acceptors (Lipinski definition) is 6. The van der Waals surface area contributed by atoms with E-state index in [0.29, 0.717) is 28.4 Å². The van der Waals surface area contributed by atoms with Crippen molar-refractivity contribution < 1.29 is 26.3 Å². The van der Waals surface area contributed by atoms with E-state index in [0.717, 1.165) is 36.8 Å². The van der Waals surface area contributed by atoms with Crippen molar-refractivity contribution in [2.45, 2.75) is 37.0 Å². The number of alkyl halides is 3. The number of halogens is 3. The van der Waals surface area contributed by atoms with Gasteiger partial charge in [0.25, 0.3) is 0 Å². The predicted octanol–water partition coefficient (Wildman–Crippen LogP) is 4.83. The first-order chi connectivity index (χ1) is 18.3. The summed E-state index contributed by atoms with van der Waals surface area (Å²) in [5.74, 6) is 6.88. The van der Waals surface area contributed by atoms with Gasteiger partial charge in [-0.15, -0.1) is 0 Å². The number of ether oxygens (including phenoxy) is 1. The summed E-state index contributed by atoms with van der Waals surface area (Å²) < 4.78 is 70.1. The van der Waals surface area contributed by atoms with E-state index in [9.17, 15) is 21.6 Å². The SMILES string of the molecule is COc1ccc(S(C)(=O)=O)cc1NCC#Cc1cc(N[C@@H]2CCN(C)C[C@@H]2C)c2ccn(CC(F)(F)F)c2c1. The van der Waals surface area contributed by atoms with Crippen LogP contribution in [0, 0.1) is 17.8 Å². The minimum Gasteiger partial charge on any atom is -0.495 e. The Kier molecular flexibility index (Phi) is 8.37. The van der Waals surface area contributed by atoms with Gasteiger partial charge in [0, 0.05) is 41.7 Å². The molecule has 39 heavy (non-hydrogen) atoms. The summed E-state index contributed by atoms with van der Waals surface area (Å²) in [7, 11) is 0.162. The van der Waals surface area contributed by atoms with Gasteiger partial charge in [0.2, 0.25) is 0 Å². The molecule has 0 aliphatic carbocycles. The highest BCUT2D eigenvalue weighted by Gasteiger charge is 2.29. The number of aromatic nitrogens is 1. The van der Waals surface area contributed by atoms with Gasteiger partial charge in [-0.25, -0.2) is 8.42 Å². The third-order valence-electron chi connectivity index (χ3n) is 6.89. The number of fused-ring (bicyclic) bond motifs is 1. The largest absolute Gasteiger partial charge is 0.495 e. The van der Waals surface area contributed by atoms with Crippen molar-refractivity contribution in [2.24, 2.45) is 5.92 Å². The topological polar surface area (TPSA) is 75.6 Å². The summed E-state index contributed by atoms with van der Waals surface area (Å²) in [4.78, 5) is 2.42. The number of methoxy groups -OCH3 is 1. The number of nitrogens with zero attached hydrogens (tertiary/aromatic N) is 2. The Morgan fingerprint density at radius 2 is 1.92 bits per heavy atom. The molecule has 0 amide bonds. The normalized spacial score (nSPS) is 18.4. The van der Waals surface area contributed by atoms with Crippen molar-refractivity contribution in [2.75, 3.05) is 50.7 Å². The lowest BCUT2D eigenvalue weighted by Gasteiger charge is -2.36. The van der Waals surface area contributed by atoms with Gasteiger partial charge in [-0.1, -0.05) is 18.8 Å². The Hall–Kier alpha value is -3.36. The zero-order chi connectivity index (χ0) is 28.4. The van der Waals surface area contributed by atoms with Crippen LogP contribution in [0.5, 0.6) is 5.75 Å². The fraction of sp³-hybridized carbons (Fsp3) is 0.429. The molecule has 0 saturated carbocycles. The molecule has 2 heterocycles. The molecule has 0 bridgehead atoms. The highest BCUT2D eigenvalue weighted by molar-refractivity contribution is 7.90. The molecular weight excluding hydrogens is 529 g/mol. The van der Waals surface area contributed by atoms with E-state index in [2.05, 4.69) is 41.3 Å². The number of sulfone groups is 1. The fourth-order valence-electron chi connectivity index (χ4n) is 4.93. The van der Waals surface area contributed by atoms with Crippen LogP contribution in [0.25, 0.3) is 10.9 Å². The lowest BCUT2D eigenvalue weighted by atomic mass is 9.93. The minimum atomic E-state index is -4.35. The molecule has 2 aromatic carbocycles. The second-order valence-corrected chi connectivity index (χ2v) is 12.1. The summed E-state index contributed by atoms with van der Waals surface area (Å²) >= 11 is 0. The molecule has 2 N–H and O–H groups in total. The molecule has 1 aliphatic heterocycles. The summed E-state index contributed by atoms with van der Waals surface area (Å²) in [6.45, 7) is 3.12. The van der Waals surface area contributed by atoms with E-state index in [1.54, 1.807) is 18.2 Å². The van der Waals surface area contributed by atoms with Crippen LogP contribution in [0.15, 0.2) is 47.5 Å². The molecule has 3 aromatic rings. The van der Waals surface area contributed by atoms with Crippen molar-refractivity contribution >= 4 is 32.1 Å². The first kappa shape index (κ1) is 28.6. The molecule has 210 valence electrons. The molecule has 1 aromatic heterocycles. The van der Waals surface area contributed by atoms with Crippen LogP contribution < -0.4 is 15.4 Å². The molecule has 0 radical (unpaired) electrons. The van der Waals surface area contributed by atoms with E-state index in [-0.39, 0.29) is 17.5 Å². The quantitative estimate of drug-likeness (QED) is 0.402. The second kappa shape index (κ2) is 11.4. The maximum absolute atomic E-state index is 13.3. The fourth-order valence-corrected chi connectivity index (χ4v) is 5.58. The Bertz CT molecular complexity index is 1510. The molecular formula is C28H33F3N4O3S. The summed E-state index contributed by atoms with van der Waals surface area (Å²) in [6.07, 6.45) is -0.841. The van der Waals surface area contributed by atoms with Crippen LogP contribution in [0.4, 0.5) is 24.5 Å². The smallest absolute Gasteiger partial charge is 0.406 e. The van der Waals surface area contributed by atoms with Crippen LogP contribution in [0.3, 0.4) is 0 Å². The van der Waals surface area contributed by atoms with Gasteiger partial charge in [0.05, 0.1) is 29.8 Å². The maximum Gasteiger partial charge on any atom is 0.406 e. The number of rotatable bonds is 7. The molecule has 7 nitrogen and oxygen atoms in total. The Morgan fingerprint density at radius 3 is 2.59 bits per heavy atom. The molecule has 1 fully saturated rings. The zero-order valence-corrected chi connectivity index (χ0v) is 23.2. The van der Waals surface area contributed by atoms with Crippen molar-refractivity contribution in [1.82, 2.24) is 9.47 Å². The van der Waals surface area contributed by atoms with Gasteiger partial charge in [0.15, 0.2) is 9.84 Å². The van der Waals surface area contributed by atoms with E-state index >= 15 is 0 Å². The monoisotopic (exact) mass is 562 g/mol. The van der Waals surface area contributed by atoms with Gasteiger partial charge >= 0.3 is 6.18 Å². The molecule has 2 atom stereocenters. The number of likely N-dealkylation sites (tertiary alicyclic amines) is 1. The summed E-state index contributed by atoms with van der Waals surface area (Å²) in [5.41, 5.74) is 2.27. The summed E-state index contributed by atoms with van der Waals surface area (Å²) in [5, 5.41) is 7.38. The molecule has 1 saturated heterocycles. The zero-order valence-electron chi connectivity index (χ0n) is 22.4. The van der Waals surface area contributed by atoms with E-state index in [1.807, 2.05) is 6.07 Å². The van der Waals surface area contributed by atoms with Crippen molar-refractivity contribution in [3.63, 3.8) is 0 Å². The van der Waals surface area contributed by atoms with E-state index < -0.39 is 22.6 Å². The Morgan fingerprint density at radius 1 is 1.15 bits per heavy atom. The van der Waals surface area contributed by atoms with Crippen LogP contribution in [0.2, 0.25) is 0 Å². The summed E-state index contributed by atoms with van der Waals surface area (Å²) in [6, 6.07) is 9.97. The molecule has 11 heteroatoms. The van der Waals surface area contributed by atoms with Crippen molar-refractivity contribution in [3.8, 4) is 17.6 Å². The molecule has 0 spiro atoms. The van der Waals surface area contributed by atoms with Crippen molar-refractivity contribution in [3.05, 3.63) is 48.2 Å². The molecule has 0 unspecified atom stereocenters. The number of anilines is 2. The second-order valence-electron chi connectivity index (χ2n) is 10.1. The van der Waals surface area contributed by atoms with Crippen LogP contribution >= 0.6 is 0 Å². The molecule has 4 rings (SSSR count). The minimum absolute atomic E-state index is 0.147. The first-order valence-electron chi connectivity index (χ1n) is 12.6. The Balaban J connectivity index is 1.62. The lowest BCUT2D eigenvalue weighted by molar-refractivity contribution is -0.139. The van der Waals surface area contributed by atoms with Gasteiger partial charge in [-0.05, 0) is 62.3 Å². The van der Waals surface area contributed by atoms with E-state index in [1.165, 1.54) is 30.0 Å². The first-order valence-corrected chi connectivity index (χ1v) is 14.5. The van der Waals surface area contributed by atoms with Gasteiger partial charge in [0.1, 0.15) is 12.3 Å². The Labute approximate surface area is 227 Å².